The van der Waals surface area contributed by atoms with Gasteiger partial charge in [-0.3, -0.25) is 0 Å². The van der Waals surface area contributed by atoms with Crippen LogP contribution in [0.4, 0.5) is 17.3 Å². The molecular weight excluding hydrogens is 470 g/mol. The average molecular weight is 508 g/mol. The minimum Gasteiger partial charge on any atom is -0.369 e. The lowest BCUT2D eigenvalue weighted by molar-refractivity contribution is 0.313. The smallest absolute Gasteiger partial charge is 0.227 e. The summed E-state index contributed by atoms with van der Waals surface area (Å²) in [6.07, 6.45) is 2.44. The summed E-state index contributed by atoms with van der Waals surface area (Å²) in [6.45, 7) is 11.5. The topological polar surface area (TPSA) is 78.4 Å². The number of hydrogen-bond donors (Lipinski definition) is 1. The summed E-state index contributed by atoms with van der Waals surface area (Å²) in [5.74, 6) is 0.582. The van der Waals surface area contributed by atoms with E-state index in [1.54, 1.807) is 20.8 Å². The van der Waals surface area contributed by atoms with Gasteiger partial charge in [0.15, 0.2) is 9.84 Å². The largest absolute Gasteiger partial charge is 0.369 e. The van der Waals surface area contributed by atoms with Gasteiger partial charge in [-0.2, -0.15) is 0 Å². The zero-order valence-corrected chi connectivity index (χ0v) is 22.8. The summed E-state index contributed by atoms with van der Waals surface area (Å²) in [7, 11) is -1.08. The molecule has 192 valence electrons. The molecule has 0 aliphatic carbocycles. The first-order valence-corrected chi connectivity index (χ1v) is 14.1. The first-order chi connectivity index (χ1) is 17.0. The number of piperazine rings is 1. The molecule has 0 radical (unpaired) electrons. The predicted molar refractivity (Wildman–Crippen MR) is 148 cm³/mol. The molecule has 2 aromatic carbocycles. The molecule has 1 aliphatic heterocycles. The molecule has 0 saturated carbocycles. The van der Waals surface area contributed by atoms with Crippen molar-refractivity contribution in [3.63, 3.8) is 0 Å². The SMILES string of the molecule is Cc1cnc(Nc2ccc(N3CCN(C)CC3)cc2)nc1Cc1cccc(CS(=O)(=O)C(C)(C)C)c1. The molecule has 3 aromatic rings. The number of aromatic nitrogens is 2. The van der Waals surface area contributed by atoms with Gasteiger partial charge >= 0.3 is 0 Å². The van der Waals surface area contributed by atoms with E-state index in [-0.39, 0.29) is 5.75 Å². The van der Waals surface area contributed by atoms with Crippen LogP contribution in [0.3, 0.4) is 0 Å². The van der Waals surface area contributed by atoms with Gasteiger partial charge in [-0.05, 0) is 75.7 Å². The number of rotatable bonds is 7. The van der Waals surface area contributed by atoms with Crippen LogP contribution in [0.5, 0.6) is 0 Å². The number of nitrogens with one attached hydrogen (secondary N) is 1. The van der Waals surface area contributed by atoms with Crippen molar-refractivity contribution in [2.75, 3.05) is 43.4 Å². The predicted octanol–water partition coefficient (Wildman–Crippen LogP) is 4.58. The van der Waals surface area contributed by atoms with E-state index in [1.807, 2.05) is 37.4 Å². The fourth-order valence-corrected chi connectivity index (χ4v) is 5.18. The third-order valence-corrected chi connectivity index (χ3v) is 9.30. The van der Waals surface area contributed by atoms with Gasteiger partial charge in [0.2, 0.25) is 5.95 Å². The minimum absolute atomic E-state index is 0.0318. The van der Waals surface area contributed by atoms with Gasteiger partial charge in [-0.1, -0.05) is 24.3 Å². The lowest BCUT2D eigenvalue weighted by atomic mass is 10.0. The van der Waals surface area contributed by atoms with Crippen LogP contribution in [0.2, 0.25) is 0 Å². The van der Waals surface area contributed by atoms with Gasteiger partial charge in [-0.15, -0.1) is 0 Å². The second-order valence-corrected chi connectivity index (χ2v) is 13.4. The molecule has 7 nitrogen and oxygen atoms in total. The fourth-order valence-electron chi connectivity index (χ4n) is 4.12. The molecule has 1 saturated heterocycles. The Balaban J connectivity index is 1.45. The molecule has 0 atom stereocenters. The molecule has 0 spiro atoms. The second-order valence-electron chi connectivity index (χ2n) is 10.7. The highest BCUT2D eigenvalue weighted by molar-refractivity contribution is 7.91. The van der Waals surface area contributed by atoms with E-state index in [9.17, 15) is 8.42 Å². The maximum absolute atomic E-state index is 12.7. The maximum Gasteiger partial charge on any atom is 0.227 e. The van der Waals surface area contributed by atoms with Gasteiger partial charge in [-0.25, -0.2) is 18.4 Å². The quantitative estimate of drug-likeness (QED) is 0.501. The summed E-state index contributed by atoms with van der Waals surface area (Å²) in [6, 6.07) is 16.2. The minimum atomic E-state index is -3.24. The zero-order valence-electron chi connectivity index (χ0n) is 22.0. The van der Waals surface area contributed by atoms with Gasteiger partial charge < -0.3 is 15.1 Å². The van der Waals surface area contributed by atoms with Crippen LogP contribution >= 0.6 is 0 Å². The van der Waals surface area contributed by atoms with E-state index in [2.05, 4.69) is 51.4 Å². The Bertz CT molecular complexity index is 1290. The van der Waals surface area contributed by atoms with E-state index >= 15 is 0 Å². The molecule has 1 fully saturated rings. The molecule has 0 unspecified atom stereocenters. The highest BCUT2D eigenvalue weighted by Crippen LogP contribution is 2.24. The number of aryl methyl sites for hydroxylation is 1. The Morgan fingerprint density at radius 1 is 0.972 bits per heavy atom. The van der Waals surface area contributed by atoms with Gasteiger partial charge in [0.25, 0.3) is 0 Å². The third-order valence-electron chi connectivity index (χ3n) is 6.72. The molecule has 4 rings (SSSR count). The molecule has 2 heterocycles. The van der Waals surface area contributed by atoms with Crippen molar-refractivity contribution in [1.29, 1.82) is 0 Å². The summed E-state index contributed by atoms with van der Waals surface area (Å²) in [5.41, 5.74) is 5.91. The standard InChI is InChI=1S/C28H37N5O2S/c1-21-19-29-27(30-24-9-11-25(12-10-24)33-15-13-32(5)14-16-33)31-26(21)18-22-7-6-8-23(17-22)20-36(34,35)28(2,3)4/h6-12,17,19H,13-16,18,20H2,1-5H3,(H,29,30,31). The molecule has 1 aromatic heterocycles. The number of hydrogen-bond acceptors (Lipinski definition) is 7. The summed E-state index contributed by atoms with van der Waals surface area (Å²) >= 11 is 0. The highest BCUT2D eigenvalue weighted by atomic mass is 32.2. The first-order valence-electron chi connectivity index (χ1n) is 12.4. The Morgan fingerprint density at radius 2 is 1.64 bits per heavy atom. The number of likely N-dealkylation sites (N-methyl/N-ethyl adjacent to an activating group) is 1. The molecular formula is C28H37N5O2S. The molecule has 0 bridgehead atoms. The molecule has 0 amide bonds. The summed E-state index contributed by atoms with van der Waals surface area (Å²) in [4.78, 5) is 14.0. The van der Waals surface area contributed by atoms with E-state index < -0.39 is 14.6 Å². The van der Waals surface area contributed by atoms with Gasteiger partial charge in [0, 0.05) is 50.2 Å². The number of anilines is 3. The molecule has 1 aliphatic rings. The number of sulfone groups is 1. The Labute approximate surface area is 215 Å². The van der Waals surface area contributed by atoms with E-state index in [1.165, 1.54) is 5.69 Å². The molecule has 8 heteroatoms. The van der Waals surface area contributed by atoms with Crippen LogP contribution in [0.1, 0.15) is 43.2 Å². The monoisotopic (exact) mass is 507 g/mol. The third kappa shape index (κ3) is 6.42. The highest BCUT2D eigenvalue weighted by Gasteiger charge is 2.29. The van der Waals surface area contributed by atoms with E-state index in [4.69, 9.17) is 4.98 Å². The Kier molecular flexibility index (Phi) is 7.66. The van der Waals surface area contributed by atoms with Crippen LogP contribution in [-0.4, -0.2) is 61.3 Å². The van der Waals surface area contributed by atoms with Crippen molar-refractivity contribution in [2.45, 2.75) is 44.6 Å². The van der Waals surface area contributed by atoms with Crippen molar-refractivity contribution in [2.24, 2.45) is 0 Å². The van der Waals surface area contributed by atoms with Crippen molar-refractivity contribution in [3.8, 4) is 0 Å². The van der Waals surface area contributed by atoms with Crippen molar-refractivity contribution >= 4 is 27.2 Å². The van der Waals surface area contributed by atoms with Crippen LogP contribution in [0.15, 0.2) is 54.7 Å². The lowest BCUT2D eigenvalue weighted by Crippen LogP contribution is -2.44. The van der Waals surface area contributed by atoms with Crippen LogP contribution in [0.25, 0.3) is 0 Å². The normalized spacial score (nSPS) is 15.2. The average Bonchev–Trinajstić information content (AvgIpc) is 2.82. The molecule has 36 heavy (non-hydrogen) atoms. The first kappa shape index (κ1) is 26.1. The summed E-state index contributed by atoms with van der Waals surface area (Å²) in [5, 5.41) is 3.33. The van der Waals surface area contributed by atoms with E-state index in [0.29, 0.717) is 12.4 Å². The van der Waals surface area contributed by atoms with Crippen molar-refractivity contribution < 1.29 is 8.42 Å². The van der Waals surface area contributed by atoms with Crippen molar-refractivity contribution in [1.82, 2.24) is 14.9 Å². The van der Waals surface area contributed by atoms with Gasteiger partial charge in [0.1, 0.15) is 0 Å². The van der Waals surface area contributed by atoms with Crippen LogP contribution in [0, 0.1) is 6.92 Å². The van der Waals surface area contributed by atoms with Crippen molar-refractivity contribution in [3.05, 3.63) is 77.1 Å². The lowest BCUT2D eigenvalue weighted by Gasteiger charge is -2.34. The summed E-state index contributed by atoms with van der Waals surface area (Å²) < 4.78 is 24.5. The Hall–Kier alpha value is -2.97. The van der Waals surface area contributed by atoms with Crippen LogP contribution < -0.4 is 10.2 Å². The number of nitrogens with zero attached hydrogens (tertiary/aromatic N) is 4. The maximum atomic E-state index is 12.7. The van der Waals surface area contributed by atoms with Gasteiger partial charge in [0.05, 0.1) is 16.2 Å². The fraction of sp³-hybridized carbons (Fsp3) is 0.429. The molecule has 1 N–H and O–H groups in total. The second kappa shape index (κ2) is 10.6. The zero-order chi connectivity index (χ0) is 25.9. The number of benzene rings is 2. The Morgan fingerprint density at radius 3 is 2.31 bits per heavy atom. The van der Waals surface area contributed by atoms with Crippen LogP contribution in [-0.2, 0) is 22.0 Å². The van der Waals surface area contributed by atoms with E-state index in [0.717, 1.165) is 54.3 Å².